The summed E-state index contributed by atoms with van der Waals surface area (Å²) in [5.74, 6) is 0. The van der Waals surface area contributed by atoms with Crippen molar-refractivity contribution < 1.29 is 0 Å². The molecule has 4 rings (SSSR count). The van der Waals surface area contributed by atoms with Gasteiger partial charge in [0.2, 0.25) is 0 Å². The number of hydrogen-bond donors (Lipinski definition) is 1. The number of hydrogen-bond acceptors (Lipinski definition) is 2. The van der Waals surface area contributed by atoms with Gasteiger partial charge in [0.15, 0.2) is 0 Å². The molecule has 0 saturated heterocycles. The highest BCUT2D eigenvalue weighted by Crippen LogP contribution is 2.11. The van der Waals surface area contributed by atoms with Crippen molar-refractivity contribution in [2.24, 2.45) is 0 Å². The van der Waals surface area contributed by atoms with Gasteiger partial charge in [0.05, 0.1) is 6.20 Å². The largest absolute Gasteiger partial charge is 0.272 e. The molecular formula is C18H14N2O. The number of H-pyrrole nitrogens is 1. The number of aromatic amines is 1. The summed E-state index contributed by atoms with van der Waals surface area (Å²) in [6, 6.07) is 24.1. The van der Waals surface area contributed by atoms with Crippen LogP contribution in [0.15, 0.2) is 83.8 Å². The lowest BCUT2D eigenvalue weighted by Gasteiger charge is -1.92. The maximum absolute atomic E-state index is 11.1. The average molecular weight is 274 g/mol. The molecule has 4 aromatic rings. The Morgan fingerprint density at radius 3 is 1.67 bits per heavy atom. The van der Waals surface area contributed by atoms with Crippen LogP contribution in [0.3, 0.4) is 0 Å². The first-order chi connectivity index (χ1) is 10.3. The van der Waals surface area contributed by atoms with Crippen molar-refractivity contribution in [1.82, 2.24) is 10.2 Å². The molecule has 0 atom stereocenters. The minimum absolute atomic E-state index is 0.136. The third kappa shape index (κ3) is 2.98. The standard InChI is InChI=1S/C10H8.C8H6N2O/c1-2-6-10-8-4-3-7-9(10)5-1;11-8-7-4-2-1-3-6(7)5-9-10-8/h1-8H;1-5H,(H,10,11). The molecule has 0 radical (unpaired) electrons. The summed E-state index contributed by atoms with van der Waals surface area (Å²) < 4.78 is 0. The summed E-state index contributed by atoms with van der Waals surface area (Å²) >= 11 is 0. The molecule has 102 valence electrons. The summed E-state index contributed by atoms with van der Waals surface area (Å²) in [7, 11) is 0. The number of benzene rings is 3. The second-order valence-corrected chi connectivity index (χ2v) is 4.63. The maximum Gasteiger partial charge on any atom is 0.272 e. The minimum Gasteiger partial charge on any atom is -0.267 e. The van der Waals surface area contributed by atoms with Gasteiger partial charge in [-0.05, 0) is 16.8 Å². The van der Waals surface area contributed by atoms with Crippen LogP contribution in [0.1, 0.15) is 0 Å². The number of nitrogens with one attached hydrogen (secondary N) is 1. The SMILES string of the molecule is O=c1[nH]ncc2ccccc12.c1ccc2ccccc2c1. The van der Waals surface area contributed by atoms with E-state index in [9.17, 15) is 4.79 Å². The Hall–Kier alpha value is -2.94. The topological polar surface area (TPSA) is 45.8 Å². The molecule has 0 saturated carbocycles. The number of fused-ring (bicyclic) bond motifs is 2. The van der Waals surface area contributed by atoms with Crippen molar-refractivity contribution in [3.8, 4) is 0 Å². The first-order valence-corrected chi connectivity index (χ1v) is 6.71. The Kier molecular flexibility index (Phi) is 3.74. The fourth-order valence-electron chi connectivity index (χ4n) is 2.17. The van der Waals surface area contributed by atoms with E-state index in [2.05, 4.69) is 58.7 Å². The van der Waals surface area contributed by atoms with Crippen LogP contribution in [-0.4, -0.2) is 10.2 Å². The van der Waals surface area contributed by atoms with E-state index >= 15 is 0 Å². The summed E-state index contributed by atoms with van der Waals surface area (Å²) in [4.78, 5) is 11.1. The Balaban J connectivity index is 0.000000126. The van der Waals surface area contributed by atoms with Gasteiger partial charge < -0.3 is 0 Å². The van der Waals surface area contributed by atoms with Crippen LogP contribution < -0.4 is 5.56 Å². The third-order valence-corrected chi connectivity index (χ3v) is 3.23. The van der Waals surface area contributed by atoms with Gasteiger partial charge in [-0.3, -0.25) is 4.79 Å². The number of rotatable bonds is 0. The van der Waals surface area contributed by atoms with E-state index in [1.807, 2.05) is 18.2 Å². The van der Waals surface area contributed by atoms with Gasteiger partial charge in [0.1, 0.15) is 0 Å². The van der Waals surface area contributed by atoms with E-state index in [0.717, 1.165) is 5.39 Å². The van der Waals surface area contributed by atoms with Crippen LogP contribution >= 0.6 is 0 Å². The Morgan fingerprint density at radius 1 is 0.667 bits per heavy atom. The summed E-state index contributed by atoms with van der Waals surface area (Å²) in [5, 5.41) is 10.2. The molecule has 1 aromatic heterocycles. The normalized spacial score (nSPS) is 10.1. The molecule has 3 aromatic carbocycles. The van der Waals surface area contributed by atoms with Crippen molar-refractivity contribution in [2.75, 3.05) is 0 Å². The Bertz CT molecular complexity index is 858. The van der Waals surface area contributed by atoms with E-state index in [4.69, 9.17) is 0 Å². The van der Waals surface area contributed by atoms with Gasteiger partial charge in [-0.2, -0.15) is 5.10 Å². The summed E-state index contributed by atoms with van der Waals surface area (Å²) in [6.07, 6.45) is 1.64. The predicted molar refractivity (Wildman–Crippen MR) is 86.3 cm³/mol. The molecule has 21 heavy (non-hydrogen) atoms. The van der Waals surface area contributed by atoms with Crippen LogP contribution in [0.2, 0.25) is 0 Å². The van der Waals surface area contributed by atoms with Crippen molar-refractivity contribution in [3.63, 3.8) is 0 Å². The second kappa shape index (κ2) is 6.01. The number of nitrogens with zero attached hydrogens (tertiary/aromatic N) is 1. The molecule has 3 heteroatoms. The van der Waals surface area contributed by atoms with Gasteiger partial charge in [0, 0.05) is 10.8 Å². The highest BCUT2D eigenvalue weighted by Gasteiger charge is 1.93. The predicted octanol–water partition coefficient (Wildman–Crippen LogP) is 3.76. The van der Waals surface area contributed by atoms with Crippen LogP contribution in [0.4, 0.5) is 0 Å². The van der Waals surface area contributed by atoms with Crippen molar-refractivity contribution in [2.45, 2.75) is 0 Å². The number of aromatic nitrogens is 2. The smallest absolute Gasteiger partial charge is 0.267 e. The second-order valence-electron chi connectivity index (χ2n) is 4.63. The zero-order valence-corrected chi connectivity index (χ0v) is 11.4. The average Bonchev–Trinajstić information content (AvgIpc) is 2.56. The van der Waals surface area contributed by atoms with Crippen molar-refractivity contribution in [1.29, 1.82) is 0 Å². The molecule has 0 unspecified atom stereocenters. The van der Waals surface area contributed by atoms with Gasteiger partial charge >= 0.3 is 0 Å². The first-order valence-electron chi connectivity index (χ1n) is 6.71. The molecule has 0 bridgehead atoms. The molecule has 0 amide bonds. The molecule has 0 aliphatic heterocycles. The zero-order chi connectivity index (χ0) is 14.5. The molecular weight excluding hydrogens is 260 g/mol. The lowest BCUT2D eigenvalue weighted by molar-refractivity contribution is 1.01. The van der Waals surface area contributed by atoms with E-state index in [1.165, 1.54) is 10.8 Å². The minimum atomic E-state index is -0.136. The molecule has 3 nitrogen and oxygen atoms in total. The lowest BCUT2D eigenvalue weighted by Crippen LogP contribution is -2.06. The molecule has 0 fully saturated rings. The highest BCUT2D eigenvalue weighted by atomic mass is 16.1. The third-order valence-electron chi connectivity index (χ3n) is 3.23. The van der Waals surface area contributed by atoms with Crippen molar-refractivity contribution in [3.05, 3.63) is 89.3 Å². The molecule has 0 spiro atoms. The summed E-state index contributed by atoms with van der Waals surface area (Å²) in [6.45, 7) is 0. The monoisotopic (exact) mass is 274 g/mol. The van der Waals surface area contributed by atoms with Gasteiger partial charge in [-0.1, -0.05) is 66.7 Å². The maximum atomic E-state index is 11.1. The molecule has 0 aliphatic rings. The van der Waals surface area contributed by atoms with Crippen LogP contribution in [0.25, 0.3) is 21.5 Å². The van der Waals surface area contributed by atoms with E-state index in [1.54, 1.807) is 12.3 Å². The van der Waals surface area contributed by atoms with E-state index in [0.29, 0.717) is 5.39 Å². The van der Waals surface area contributed by atoms with Gasteiger partial charge in [0.25, 0.3) is 5.56 Å². The Morgan fingerprint density at radius 2 is 1.14 bits per heavy atom. The quantitative estimate of drug-likeness (QED) is 0.530. The van der Waals surface area contributed by atoms with Crippen LogP contribution in [-0.2, 0) is 0 Å². The highest BCUT2D eigenvalue weighted by molar-refractivity contribution is 5.82. The van der Waals surface area contributed by atoms with Crippen LogP contribution in [0, 0.1) is 0 Å². The van der Waals surface area contributed by atoms with Crippen molar-refractivity contribution >= 4 is 21.5 Å². The van der Waals surface area contributed by atoms with E-state index < -0.39 is 0 Å². The Labute approximate surface area is 121 Å². The lowest BCUT2D eigenvalue weighted by atomic mass is 10.1. The van der Waals surface area contributed by atoms with Gasteiger partial charge in [-0.15, -0.1) is 0 Å². The van der Waals surface area contributed by atoms with Gasteiger partial charge in [-0.25, -0.2) is 5.10 Å². The van der Waals surface area contributed by atoms with Crippen LogP contribution in [0.5, 0.6) is 0 Å². The zero-order valence-electron chi connectivity index (χ0n) is 11.4. The fraction of sp³-hybridized carbons (Fsp3) is 0. The van der Waals surface area contributed by atoms with E-state index in [-0.39, 0.29) is 5.56 Å². The summed E-state index contributed by atoms with van der Waals surface area (Å²) in [5.41, 5.74) is -0.136. The fourth-order valence-corrected chi connectivity index (χ4v) is 2.17. The molecule has 1 heterocycles. The molecule has 0 aliphatic carbocycles. The molecule has 1 N–H and O–H groups in total. The first kappa shape index (κ1) is 13.1.